The van der Waals surface area contributed by atoms with Crippen LogP contribution in [0, 0.1) is 0 Å². The first-order valence-corrected chi connectivity index (χ1v) is 6.97. The Morgan fingerprint density at radius 3 is 2.53 bits per heavy atom. The Labute approximate surface area is 118 Å². The number of furan rings is 1. The van der Waals surface area contributed by atoms with Gasteiger partial charge in [-0.2, -0.15) is 13.2 Å². The predicted octanol–water partition coefficient (Wildman–Crippen LogP) is 5.94. The van der Waals surface area contributed by atoms with E-state index in [1.54, 1.807) is 29.6 Å². The molecule has 0 saturated carbocycles. The van der Waals surface area contributed by atoms with Gasteiger partial charge in [-0.3, -0.25) is 0 Å². The summed E-state index contributed by atoms with van der Waals surface area (Å²) in [5.74, 6) is -0.683. The van der Waals surface area contributed by atoms with Gasteiger partial charge in [0.15, 0.2) is 5.76 Å². The summed E-state index contributed by atoms with van der Waals surface area (Å²) in [7, 11) is 0. The average Bonchev–Trinajstić information content (AvgIpc) is 2.92. The molecule has 0 spiro atoms. The first kappa shape index (κ1) is 12.7. The van der Waals surface area contributed by atoms with Crippen LogP contribution in [0.5, 0.6) is 0 Å². The number of fused-ring (bicyclic) bond motifs is 1. The van der Waals surface area contributed by atoms with Crippen molar-refractivity contribution in [2.24, 2.45) is 0 Å². The zero-order valence-electron chi connectivity index (χ0n) is 9.29. The second-order valence-electron chi connectivity index (χ2n) is 3.93. The van der Waals surface area contributed by atoms with Crippen molar-refractivity contribution in [1.82, 2.24) is 0 Å². The molecule has 19 heavy (non-hydrogen) atoms. The average molecular weight is 347 g/mol. The third kappa shape index (κ3) is 2.19. The summed E-state index contributed by atoms with van der Waals surface area (Å²) in [5, 5.41) is 2.35. The highest BCUT2D eigenvalue weighted by atomic mass is 79.9. The van der Waals surface area contributed by atoms with E-state index in [1.165, 1.54) is 17.4 Å². The Morgan fingerprint density at radius 2 is 1.89 bits per heavy atom. The topological polar surface area (TPSA) is 13.1 Å². The molecule has 98 valence electrons. The molecule has 6 heteroatoms. The van der Waals surface area contributed by atoms with Crippen molar-refractivity contribution in [3.63, 3.8) is 0 Å². The van der Waals surface area contributed by atoms with E-state index in [1.807, 2.05) is 0 Å². The Balaban J connectivity index is 2.37. The Bertz CT molecular complexity index is 728. The monoisotopic (exact) mass is 346 g/mol. The van der Waals surface area contributed by atoms with Crippen LogP contribution in [0.3, 0.4) is 0 Å². The predicted molar refractivity (Wildman–Crippen MR) is 72.2 cm³/mol. The lowest BCUT2D eigenvalue weighted by atomic mass is 10.1. The fourth-order valence-corrected chi connectivity index (χ4v) is 3.00. The van der Waals surface area contributed by atoms with E-state index in [0.717, 1.165) is 0 Å². The normalized spacial score (nSPS) is 12.2. The molecule has 0 aliphatic rings. The van der Waals surface area contributed by atoms with Gasteiger partial charge in [-0.25, -0.2) is 0 Å². The third-order valence-corrected chi connectivity index (χ3v) is 4.04. The standard InChI is InChI=1S/C13H6BrF3OS/c14-7-3-4-8-9(6-7)11(10-2-1-5-19-10)18-12(8)13(15,16)17/h1-6H. The third-order valence-electron chi connectivity index (χ3n) is 2.68. The number of rotatable bonds is 1. The Kier molecular flexibility index (Phi) is 2.94. The molecule has 0 aliphatic heterocycles. The van der Waals surface area contributed by atoms with Gasteiger partial charge in [-0.05, 0) is 29.6 Å². The van der Waals surface area contributed by atoms with Crippen LogP contribution in [0.15, 0.2) is 44.6 Å². The van der Waals surface area contributed by atoms with E-state index >= 15 is 0 Å². The molecule has 0 atom stereocenters. The van der Waals surface area contributed by atoms with Crippen molar-refractivity contribution in [2.45, 2.75) is 6.18 Å². The first-order valence-electron chi connectivity index (χ1n) is 5.30. The van der Waals surface area contributed by atoms with Gasteiger partial charge in [0, 0.05) is 15.2 Å². The van der Waals surface area contributed by atoms with Crippen LogP contribution < -0.4 is 0 Å². The van der Waals surface area contributed by atoms with Crippen molar-refractivity contribution < 1.29 is 17.6 Å². The lowest BCUT2D eigenvalue weighted by Crippen LogP contribution is -2.03. The van der Waals surface area contributed by atoms with Crippen LogP contribution in [-0.2, 0) is 6.18 Å². The largest absolute Gasteiger partial charge is 0.450 e. The fourth-order valence-electron chi connectivity index (χ4n) is 1.92. The van der Waals surface area contributed by atoms with E-state index < -0.39 is 11.9 Å². The lowest BCUT2D eigenvalue weighted by Gasteiger charge is -2.01. The molecule has 1 aromatic carbocycles. The molecule has 2 heterocycles. The van der Waals surface area contributed by atoms with Crippen LogP contribution in [0.1, 0.15) is 5.76 Å². The number of thiophene rings is 1. The maximum absolute atomic E-state index is 13.0. The molecule has 0 N–H and O–H groups in total. The second-order valence-corrected chi connectivity index (χ2v) is 5.79. The lowest BCUT2D eigenvalue weighted by molar-refractivity contribution is -0.151. The van der Waals surface area contributed by atoms with Gasteiger partial charge in [0.2, 0.25) is 5.76 Å². The minimum Gasteiger partial charge on any atom is -0.449 e. The van der Waals surface area contributed by atoms with Crippen molar-refractivity contribution in [1.29, 1.82) is 0 Å². The smallest absolute Gasteiger partial charge is 0.449 e. The Hall–Kier alpha value is -1.27. The quantitative estimate of drug-likeness (QED) is 0.531. The molecule has 0 radical (unpaired) electrons. The zero-order valence-corrected chi connectivity index (χ0v) is 11.7. The summed E-state index contributed by atoms with van der Waals surface area (Å²) in [5.41, 5.74) is 0. The maximum atomic E-state index is 13.0. The molecule has 0 aliphatic carbocycles. The summed E-state index contributed by atoms with van der Waals surface area (Å²) in [6.45, 7) is 0. The van der Waals surface area contributed by atoms with Gasteiger partial charge < -0.3 is 4.42 Å². The molecule has 1 nitrogen and oxygen atoms in total. The van der Waals surface area contributed by atoms with Crippen molar-refractivity contribution >= 4 is 38.0 Å². The fraction of sp³-hybridized carbons (Fsp3) is 0.0769. The summed E-state index contributed by atoms with van der Waals surface area (Å²) >= 11 is 4.61. The summed E-state index contributed by atoms with van der Waals surface area (Å²) in [6.07, 6.45) is -4.50. The molecule has 0 fully saturated rings. The minimum atomic E-state index is -4.50. The molecule has 2 aromatic heterocycles. The van der Waals surface area contributed by atoms with E-state index in [0.29, 0.717) is 14.7 Å². The molecule has 3 rings (SSSR count). The summed E-state index contributed by atoms with van der Waals surface area (Å²) in [4.78, 5) is 0.679. The van der Waals surface area contributed by atoms with Gasteiger partial charge >= 0.3 is 6.18 Å². The molecule has 0 unspecified atom stereocenters. The van der Waals surface area contributed by atoms with Gasteiger partial charge in [0.25, 0.3) is 0 Å². The van der Waals surface area contributed by atoms with Gasteiger partial charge in [0.05, 0.1) is 4.88 Å². The van der Waals surface area contributed by atoms with E-state index in [2.05, 4.69) is 15.9 Å². The minimum absolute atomic E-state index is 0.0825. The second kappa shape index (κ2) is 4.38. The number of alkyl halides is 3. The highest BCUT2D eigenvalue weighted by molar-refractivity contribution is 9.10. The van der Waals surface area contributed by atoms with Gasteiger partial charge in [0.1, 0.15) is 0 Å². The summed E-state index contributed by atoms with van der Waals surface area (Å²) in [6, 6.07) is 8.15. The van der Waals surface area contributed by atoms with Crippen molar-refractivity contribution in [3.8, 4) is 10.6 Å². The van der Waals surface area contributed by atoms with E-state index in [9.17, 15) is 13.2 Å². The van der Waals surface area contributed by atoms with Crippen molar-refractivity contribution in [2.75, 3.05) is 0 Å². The number of benzene rings is 1. The molecular formula is C13H6BrF3OS. The van der Waals surface area contributed by atoms with E-state index in [4.69, 9.17) is 4.42 Å². The highest BCUT2D eigenvalue weighted by Gasteiger charge is 2.38. The van der Waals surface area contributed by atoms with Crippen LogP contribution in [0.2, 0.25) is 0 Å². The first-order chi connectivity index (χ1) is 8.97. The number of hydrogen-bond donors (Lipinski definition) is 0. The molecule has 0 bridgehead atoms. The van der Waals surface area contributed by atoms with Crippen LogP contribution in [-0.4, -0.2) is 0 Å². The van der Waals surface area contributed by atoms with Crippen LogP contribution in [0.25, 0.3) is 21.4 Å². The zero-order chi connectivity index (χ0) is 13.6. The van der Waals surface area contributed by atoms with Gasteiger partial charge in [-0.15, -0.1) is 11.3 Å². The molecular weight excluding hydrogens is 341 g/mol. The number of hydrogen-bond acceptors (Lipinski definition) is 2. The highest BCUT2D eigenvalue weighted by Crippen LogP contribution is 2.43. The van der Waals surface area contributed by atoms with Crippen LogP contribution >= 0.6 is 27.3 Å². The van der Waals surface area contributed by atoms with Gasteiger partial charge in [-0.1, -0.05) is 22.0 Å². The molecule has 0 amide bonds. The Morgan fingerprint density at radius 1 is 1.11 bits per heavy atom. The molecule has 0 saturated heterocycles. The molecule has 3 aromatic rings. The van der Waals surface area contributed by atoms with Crippen LogP contribution in [0.4, 0.5) is 13.2 Å². The van der Waals surface area contributed by atoms with Crippen molar-refractivity contribution in [3.05, 3.63) is 45.9 Å². The summed E-state index contributed by atoms with van der Waals surface area (Å²) < 4.78 is 44.7. The maximum Gasteiger partial charge on any atom is 0.450 e. The SMILES string of the molecule is FC(F)(F)c1oc(-c2cccs2)c2cc(Br)ccc12. The number of halogens is 4. The van der Waals surface area contributed by atoms with E-state index in [-0.39, 0.29) is 11.1 Å².